The number of rotatable bonds is 5. The molecule has 2 atom stereocenters. The molecule has 2 rings (SSSR count). The minimum atomic E-state index is -0.326. The molecule has 2 saturated carbocycles. The van der Waals surface area contributed by atoms with E-state index in [1.54, 1.807) is 14.2 Å². The van der Waals surface area contributed by atoms with Crippen molar-refractivity contribution in [3.63, 3.8) is 0 Å². The summed E-state index contributed by atoms with van der Waals surface area (Å²) >= 11 is 0. The molecule has 2 aliphatic rings. The first-order valence-corrected chi connectivity index (χ1v) is 5.61. The predicted molar refractivity (Wildman–Crippen MR) is 55.1 cm³/mol. The summed E-state index contributed by atoms with van der Waals surface area (Å²) in [5.74, 6) is 1.82. The van der Waals surface area contributed by atoms with Gasteiger partial charge < -0.3 is 14.8 Å². The van der Waals surface area contributed by atoms with Crippen molar-refractivity contribution in [2.75, 3.05) is 20.8 Å². The van der Waals surface area contributed by atoms with E-state index in [0.29, 0.717) is 18.4 Å². The molecular formula is C11H19NO3. The van der Waals surface area contributed by atoms with Gasteiger partial charge in [-0.05, 0) is 24.7 Å². The Balaban J connectivity index is 1.70. The third-order valence-electron chi connectivity index (χ3n) is 3.68. The Bertz CT molecular complexity index is 230. The van der Waals surface area contributed by atoms with Gasteiger partial charge in [-0.2, -0.15) is 0 Å². The Hall–Kier alpha value is -0.610. The molecule has 2 unspecified atom stereocenters. The van der Waals surface area contributed by atoms with Gasteiger partial charge in [-0.3, -0.25) is 4.79 Å². The van der Waals surface area contributed by atoms with Crippen LogP contribution in [0.25, 0.3) is 0 Å². The first-order chi connectivity index (χ1) is 7.27. The lowest BCUT2D eigenvalue weighted by atomic mass is 10.1. The summed E-state index contributed by atoms with van der Waals surface area (Å²) < 4.78 is 10.0. The number of carbonyl (C=O) groups is 1. The fourth-order valence-corrected chi connectivity index (χ4v) is 2.78. The van der Waals surface area contributed by atoms with Crippen LogP contribution in [0.5, 0.6) is 0 Å². The van der Waals surface area contributed by atoms with Crippen LogP contribution < -0.4 is 5.32 Å². The van der Waals surface area contributed by atoms with Gasteiger partial charge in [0.1, 0.15) is 0 Å². The standard InChI is InChI=1S/C11H19NO3/c1-14-9(15-2)6-12-11(13)10-7-4-3-5-8(7)10/h7-10H,3-6H2,1-2H3,(H,12,13). The first-order valence-electron chi connectivity index (χ1n) is 5.61. The van der Waals surface area contributed by atoms with Crippen LogP contribution in [0.15, 0.2) is 0 Å². The average Bonchev–Trinajstić information content (AvgIpc) is 2.74. The summed E-state index contributed by atoms with van der Waals surface area (Å²) in [6.07, 6.45) is 3.45. The first kappa shape index (κ1) is 10.9. The monoisotopic (exact) mass is 213 g/mol. The lowest BCUT2D eigenvalue weighted by Crippen LogP contribution is -2.35. The van der Waals surface area contributed by atoms with Crippen molar-refractivity contribution in [1.82, 2.24) is 5.32 Å². The smallest absolute Gasteiger partial charge is 0.223 e. The largest absolute Gasteiger partial charge is 0.354 e. The molecule has 2 fully saturated rings. The molecule has 1 N–H and O–H groups in total. The number of carbonyl (C=O) groups excluding carboxylic acids is 1. The average molecular weight is 213 g/mol. The lowest BCUT2D eigenvalue weighted by molar-refractivity contribution is -0.129. The Morgan fingerprint density at radius 1 is 1.33 bits per heavy atom. The summed E-state index contributed by atoms with van der Waals surface area (Å²) in [6, 6.07) is 0. The molecule has 0 aromatic carbocycles. The summed E-state index contributed by atoms with van der Waals surface area (Å²) in [7, 11) is 3.15. The third-order valence-corrected chi connectivity index (χ3v) is 3.68. The number of amides is 1. The molecule has 0 aromatic heterocycles. The fourth-order valence-electron chi connectivity index (χ4n) is 2.78. The second kappa shape index (κ2) is 4.49. The number of hydrogen-bond acceptors (Lipinski definition) is 3. The van der Waals surface area contributed by atoms with Crippen LogP contribution in [0.1, 0.15) is 19.3 Å². The van der Waals surface area contributed by atoms with Gasteiger partial charge in [0.25, 0.3) is 0 Å². The van der Waals surface area contributed by atoms with E-state index in [-0.39, 0.29) is 18.1 Å². The number of fused-ring (bicyclic) bond motifs is 1. The molecule has 0 radical (unpaired) electrons. The van der Waals surface area contributed by atoms with E-state index in [1.807, 2.05) is 0 Å². The van der Waals surface area contributed by atoms with Gasteiger partial charge in [-0.1, -0.05) is 6.42 Å². The van der Waals surface area contributed by atoms with E-state index >= 15 is 0 Å². The zero-order chi connectivity index (χ0) is 10.8. The highest BCUT2D eigenvalue weighted by molar-refractivity contribution is 5.82. The van der Waals surface area contributed by atoms with Gasteiger partial charge in [0.15, 0.2) is 6.29 Å². The maximum absolute atomic E-state index is 11.7. The topological polar surface area (TPSA) is 47.6 Å². The highest BCUT2D eigenvalue weighted by Crippen LogP contribution is 2.57. The van der Waals surface area contributed by atoms with Crippen LogP contribution in [0.2, 0.25) is 0 Å². The minimum absolute atomic E-state index is 0.184. The number of ether oxygens (including phenoxy) is 2. The molecule has 0 saturated heterocycles. The van der Waals surface area contributed by atoms with Crippen LogP contribution in [-0.4, -0.2) is 33.0 Å². The molecule has 0 heterocycles. The van der Waals surface area contributed by atoms with E-state index in [9.17, 15) is 4.79 Å². The van der Waals surface area contributed by atoms with Gasteiger partial charge in [-0.15, -0.1) is 0 Å². The van der Waals surface area contributed by atoms with Gasteiger partial charge in [0, 0.05) is 20.1 Å². The molecule has 0 bridgehead atoms. The molecule has 0 aliphatic heterocycles. The Morgan fingerprint density at radius 2 is 1.93 bits per heavy atom. The number of methoxy groups -OCH3 is 2. The molecule has 1 amide bonds. The van der Waals surface area contributed by atoms with Crippen LogP contribution in [-0.2, 0) is 14.3 Å². The SMILES string of the molecule is COC(CNC(=O)C1C2CCCC21)OC. The molecule has 4 nitrogen and oxygen atoms in total. The minimum Gasteiger partial charge on any atom is -0.354 e. The second-order valence-electron chi connectivity index (χ2n) is 4.43. The zero-order valence-corrected chi connectivity index (χ0v) is 9.36. The Morgan fingerprint density at radius 3 is 2.47 bits per heavy atom. The van der Waals surface area contributed by atoms with Crippen molar-refractivity contribution in [2.45, 2.75) is 25.6 Å². The van der Waals surface area contributed by atoms with Crippen molar-refractivity contribution in [3.05, 3.63) is 0 Å². The Kier molecular flexibility index (Phi) is 3.26. The van der Waals surface area contributed by atoms with E-state index in [2.05, 4.69) is 5.32 Å². The van der Waals surface area contributed by atoms with Crippen molar-refractivity contribution >= 4 is 5.91 Å². The van der Waals surface area contributed by atoms with E-state index in [1.165, 1.54) is 19.3 Å². The van der Waals surface area contributed by atoms with Crippen molar-refractivity contribution in [3.8, 4) is 0 Å². The molecule has 2 aliphatic carbocycles. The van der Waals surface area contributed by atoms with Crippen molar-refractivity contribution < 1.29 is 14.3 Å². The quantitative estimate of drug-likeness (QED) is 0.686. The number of hydrogen-bond donors (Lipinski definition) is 1. The maximum Gasteiger partial charge on any atom is 0.223 e. The Labute approximate surface area is 90.3 Å². The third kappa shape index (κ3) is 2.16. The predicted octanol–water partition coefficient (Wildman–Crippen LogP) is 0.768. The van der Waals surface area contributed by atoms with Gasteiger partial charge in [0.2, 0.25) is 5.91 Å². The summed E-state index contributed by atoms with van der Waals surface area (Å²) in [6.45, 7) is 0.446. The van der Waals surface area contributed by atoms with Gasteiger partial charge >= 0.3 is 0 Å². The number of nitrogens with one attached hydrogen (secondary N) is 1. The fraction of sp³-hybridized carbons (Fsp3) is 0.909. The molecule has 0 spiro atoms. The second-order valence-corrected chi connectivity index (χ2v) is 4.43. The molecule has 15 heavy (non-hydrogen) atoms. The maximum atomic E-state index is 11.7. The van der Waals surface area contributed by atoms with Crippen LogP contribution in [0.3, 0.4) is 0 Å². The van der Waals surface area contributed by atoms with Crippen LogP contribution in [0, 0.1) is 17.8 Å². The molecule has 4 heteroatoms. The summed E-state index contributed by atoms with van der Waals surface area (Å²) in [5, 5.41) is 2.89. The van der Waals surface area contributed by atoms with E-state index in [4.69, 9.17) is 9.47 Å². The summed E-state index contributed by atoms with van der Waals surface area (Å²) in [4.78, 5) is 11.7. The van der Waals surface area contributed by atoms with Crippen LogP contribution in [0.4, 0.5) is 0 Å². The normalized spacial score (nSPS) is 32.9. The van der Waals surface area contributed by atoms with Gasteiger partial charge in [0.05, 0.1) is 6.54 Å². The molecular weight excluding hydrogens is 194 g/mol. The van der Waals surface area contributed by atoms with Crippen molar-refractivity contribution in [2.24, 2.45) is 17.8 Å². The highest BCUT2D eigenvalue weighted by Gasteiger charge is 2.56. The lowest BCUT2D eigenvalue weighted by Gasteiger charge is -2.14. The van der Waals surface area contributed by atoms with Crippen LogP contribution >= 0.6 is 0 Å². The highest BCUT2D eigenvalue weighted by atomic mass is 16.7. The summed E-state index contributed by atoms with van der Waals surface area (Å²) in [5.41, 5.74) is 0. The molecule has 86 valence electrons. The van der Waals surface area contributed by atoms with E-state index < -0.39 is 0 Å². The zero-order valence-electron chi connectivity index (χ0n) is 9.36. The van der Waals surface area contributed by atoms with Gasteiger partial charge in [-0.25, -0.2) is 0 Å². The van der Waals surface area contributed by atoms with E-state index in [0.717, 1.165) is 0 Å². The molecule has 0 aromatic rings. The van der Waals surface area contributed by atoms with Crippen molar-refractivity contribution in [1.29, 1.82) is 0 Å².